The van der Waals surface area contributed by atoms with Crippen LogP contribution in [0.3, 0.4) is 0 Å². The third kappa shape index (κ3) is 5.14. The van der Waals surface area contributed by atoms with E-state index in [9.17, 15) is 21.6 Å². The number of ether oxygens (including phenoxy) is 1. The van der Waals surface area contributed by atoms with Gasteiger partial charge in [-0.25, -0.2) is 18.4 Å². The summed E-state index contributed by atoms with van der Waals surface area (Å²) in [4.78, 5) is 14.4. The van der Waals surface area contributed by atoms with Crippen molar-refractivity contribution in [1.29, 1.82) is 0 Å². The van der Waals surface area contributed by atoms with Gasteiger partial charge in [0.05, 0.1) is 35.1 Å². The normalized spacial score (nSPS) is 14.5. The summed E-state index contributed by atoms with van der Waals surface area (Å²) in [5, 5.41) is 2.89. The number of thiol groups is 1. The number of morpholine rings is 1. The Bertz CT molecular complexity index is 1240. The minimum atomic E-state index is -4.70. The van der Waals surface area contributed by atoms with E-state index in [1.54, 1.807) is 17.0 Å². The fourth-order valence-electron chi connectivity index (χ4n) is 3.33. The van der Waals surface area contributed by atoms with Crippen LogP contribution in [0.2, 0.25) is 0 Å². The van der Waals surface area contributed by atoms with Gasteiger partial charge in [-0.15, -0.1) is 0 Å². The molecule has 0 atom stereocenters. The summed E-state index contributed by atoms with van der Waals surface area (Å²) in [5.41, 5.74) is 4.41. The van der Waals surface area contributed by atoms with Crippen LogP contribution in [-0.2, 0) is 21.6 Å². The van der Waals surface area contributed by atoms with E-state index in [0.717, 1.165) is 12.3 Å². The van der Waals surface area contributed by atoms with Crippen molar-refractivity contribution in [1.82, 2.24) is 15.0 Å². The quantitative estimate of drug-likeness (QED) is 0.473. The standard InChI is InChI=1S/C20H19F3N6O3S/c21-20(22,23)13-9-17(24)25-11-12(13)15-10-18(26-14-3-1-2-4-16(14)33(30)31)28-19(27-15)29-5-7-32-8-6-29/h1-4,9-11,33H,5-8H2,(H2,24,25)(H,26,27,28). The van der Waals surface area contributed by atoms with Gasteiger partial charge in [0.2, 0.25) is 5.95 Å². The van der Waals surface area contributed by atoms with Crippen molar-refractivity contribution in [3.63, 3.8) is 0 Å². The molecule has 1 aromatic carbocycles. The third-order valence-corrected chi connectivity index (χ3v) is 5.66. The highest BCUT2D eigenvalue weighted by atomic mass is 32.2. The first-order valence-electron chi connectivity index (χ1n) is 9.77. The minimum Gasteiger partial charge on any atom is -0.384 e. The van der Waals surface area contributed by atoms with E-state index >= 15 is 0 Å². The molecule has 0 aliphatic carbocycles. The van der Waals surface area contributed by atoms with Crippen molar-refractivity contribution >= 4 is 34.0 Å². The lowest BCUT2D eigenvalue weighted by Crippen LogP contribution is -2.37. The van der Waals surface area contributed by atoms with Crippen LogP contribution in [0.4, 0.5) is 36.4 Å². The van der Waals surface area contributed by atoms with Crippen molar-refractivity contribution in [3.8, 4) is 11.3 Å². The highest BCUT2D eigenvalue weighted by molar-refractivity contribution is 7.72. The molecule has 9 nitrogen and oxygen atoms in total. The first kappa shape index (κ1) is 22.7. The molecule has 3 aromatic rings. The average Bonchev–Trinajstić information content (AvgIpc) is 2.79. The van der Waals surface area contributed by atoms with Crippen molar-refractivity contribution in [2.24, 2.45) is 0 Å². The number of alkyl halides is 3. The number of nitrogens with one attached hydrogen (secondary N) is 1. The lowest BCUT2D eigenvalue weighted by molar-refractivity contribution is -0.137. The molecule has 13 heteroatoms. The maximum absolute atomic E-state index is 13.7. The summed E-state index contributed by atoms with van der Waals surface area (Å²) in [5.74, 6) is 0.0167. The molecule has 2 aromatic heterocycles. The summed E-state index contributed by atoms with van der Waals surface area (Å²) in [6.45, 7) is 1.70. The van der Waals surface area contributed by atoms with Gasteiger partial charge in [0.15, 0.2) is 10.7 Å². The molecular formula is C20H19F3N6O3S. The Hall–Kier alpha value is -3.45. The second-order valence-corrected chi connectivity index (χ2v) is 8.09. The zero-order valence-electron chi connectivity index (χ0n) is 17.0. The number of anilines is 4. The molecule has 1 aliphatic heterocycles. The Morgan fingerprint density at radius 2 is 1.82 bits per heavy atom. The lowest BCUT2D eigenvalue weighted by atomic mass is 10.1. The average molecular weight is 480 g/mol. The molecule has 0 unspecified atom stereocenters. The number of hydrogen-bond acceptors (Lipinski definition) is 9. The molecule has 3 heterocycles. The lowest BCUT2D eigenvalue weighted by Gasteiger charge is -2.27. The molecule has 0 spiro atoms. The van der Waals surface area contributed by atoms with Crippen LogP contribution in [0.15, 0.2) is 47.5 Å². The number of rotatable bonds is 5. The van der Waals surface area contributed by atoms with Gasteiger partial charge >= 0.3 is 6.18 Å². The van der Waals surface area contributed by atoms with Gasteiger partial charge in [0.25, 0.3) is 0 Å². The fraction of sp³-hybridized carbons (Fsp3) is 0.250. The van der Waals surface area contributed by atoms with E-state index in [2.05, 4.69) is 20.3 Å². The molecule has 1 aliphatic rings. The second-order valence-electron chi connectivity index (χ2n) is 7.09. The minimum absolute atomic E-state index is 0.0192. The number of benzene rings is 1. The number of halogens is 3. The van der Waals surface area contributed by atoms with Gasteiger partial charge in [0, 0.05) is 30.9 Å². The van der Waals surface area contributed by atoms with E-state index < -0.39 is 22.4 Å². The van der Waals surface area contributed by atoms with Crippen molar-refractivity contribution < 1.29 is 26.3 Å². The van der Waals surface area contributed by atoms with Crippen LogP contribution in [0, 0.1) is 0 Å². The molecule has 33 heavy (non-hydrogen) atoms. The maximum atomic E-state index is 13.7. The van der Waals surface area contributed by atoms with Crippen molar-refractivity contribution in [3.05, 3.63) is 48.2 Å². The Morgan fingerprint density at radius 1 is 1.09 bits per heavy atom. The van der Waals surface area contributed by atoms with Crippen LogP contribution >= 0.6 is 0 Å². The molecule has 1 saturated heterocycles. The third-order valence-electron chi connectivity index (χ3n) is 4.88. The topological polar surface area (TPSA) is 123 Å². The van der Waals surface area contributed by atoms with Gasteiger partial charge in [0.1, 0.15) is 11.6 Å². The monoisotopic (exact) mass is 480 g/mol. The highest BCUT2D eigenvalue weighted by Gasteiger charge is 2.35. The molecule has 0 bridgehead atoms. The van der Waals surface area contributed by atoms with Crippen molar-refractivity contribution in [2.75, 3.05) is 42.3 Å². The zero-order valence-corrected chi connectivity index (χ0v) is 17.9. The smallest absolute Gasteiger partial charge is 0.384 e. The Kier molecular flexibility index (Phi) is 6.33. The Labute approximate surface area is 188 Å². The highest BCUT2D eigenvalue weighted by Crippen LogP contribution is 2.38. The molecule has 4 rings (SSSR count). The summed E-state index contributed by atoms with van der Waals surface area (Å²) < 4.78 is 69.7. The van der Waals surface area contributed by atoms with Crippen LogP contribution in [0.25, 0.3) is 11.3 Å². The van der Waals surface area contributed by atoms with E-state index in [1.165, 1.54) is 18.2 Å². The van der Waals surface area contributed by atoms with Gasteiger partial charge in [-0.2, -0.15) is 18.2 Å². The summed E-state index contributed by atoms with van der Waals surface area (Å²) in [6.07, 6.45) is -3.69. The number of aromatic nitrogens is 3. The predicted molar refractivity (Wildman–Crippen MR) is 116 cm³/mol. The number of pyridine rings is 1. The van der Waals surface area contributed by atoms with E-state index in [1.807, 2.05) is 0 Å². The summed E-state index contributed by atoms with van der Waals surface area (Å²) in [7, 11) is -2.91. The van der Waals surface area contributed by atoms with E-state index in [0.29, 0.717) is 26.3 Å². The predicted octanol–water partition coefficient (Wildman–Crippen LogP) is 2.69. The SMILES string of the molecule is Nc1cc(C(F)(F)F)c(-c2cc(Nc3ccccc3[SH](=O)=O)nc(N3CCOCC3)n2)cn1. The van der Waals surface area contributed by atoms with E-state index in [4.69, 9.17) is 10.5 Å². The number of para-hydroxylation sites is 1. The van der Waals surface area contributed by atoms with E-state index in [-0.39, 0.29) is 39.4 Å². The van der Waals surface area contributed by atoms with Crippen molar-refractivity contribution in [2.45, 2.75) is 11.1 Å². The molecular weight excluding hydrogens is 461 g/mol. The molecule has 0 amide bonds. The maximum Gasteiger partial charge on any atom is 0.417 e. The molecule has 0 radical (unpaired) electrons. The van der Waals surface area contributed by atoms with Crippen LogP contribution in [0.5, 0.6) is 0 Å². The van der Waals surface area contributed by atoms with Crippen LogP contribution in [-0.4, -0.2) is 49.7 Å². The van der Waals surface area contributed by atoms with Crippen LogP contribution < -0.4 is 16.0 Å². The molecule has 3 N–H and O–H groups in total. The fourth-order valence-corrected chi connectivity index (χ4v) is 3.86. The molecule has 0 saturated carbocycles. The van der Waals surface area contributed by atoms with Gasteiger partial charge in [-0.3, -0.25) is 0 Å². The summed E-state index contributed by atoms with van der Waals surface area (Å²) >= 11 is 0. The Morgan fingerprint density at radius 3 is 2.52 bits per heavy atom. The number of hydrogen-bond donors (Lipinski definition) is 3. The number of nitrogens with zero attached hydrogens (tertiary/aromatic N) is 4. The first-order valence-corrected chi connectivity index (χ1v) is 11.0. The van der Waals surface area contributed by atoms with Gasteiger partial charge in [-0.05, 0) is 18.2 Å². The number of nitrogens with two attached hydrogens (primary N) is 1. The van der Waals surface area contributed by atoms with Crippen LogP contribution in [0.1, 0.15) is 5.56 Å². The van der Waals surface area contributed by atoms with Gasteiger partial charge < -0.3 is 20.7 Å². The largest absolute Gasteiger partial charge is 0.417 e. The second kappa shape index (κ2) is 9.19. The summed E-state index contributed by atoms with van der Waals surface area (Å²) in [6, 6.07) is 8.18. The first-order chi connectivity index (χ1) is 15.7. The van der Waals surface area contributed by atoms with Gasteiger partial charge in [-0.1, -0.05) is 12.1 Å². The molecule has 174 valence electrons. The molecule has 1 fully saturated rings. The Balaban J connectivity index is 1.85. The zero-order chi connectivity index (χ0) is 23.6. The number of nitrogen functional groups attached to an aromatic ring is 1.